The summed E-state index contributed by atoms with van der Waals surface area (Å²) in [6, 6.07) is 4.83. The zero-order valence-corrected chi connectivity index (χ0v) is 12.3. The van der Waals surface area contributed by atoms with E-state index in [0.29, 0.717) is 17.1 Å². The Bertz CT molecular complexity index is 604. The first-order chi connectivity index (χ1) is 10.4. The number of carbonyl (C=O) groups is 3. The Balaban J connectivity index is 2.63. The highest BCUT2D eigenvalue weighted by Gasteiger charge is 2.16. The molecule has 0 amide bonds. The van der Waals surface area contributed by atoms with Crippen molar-refractivity contribution < 1.29 is 33.7 Å². The monoisotopic (exact) mass is 308 g/mol. The van der Waals surface area contributed by atoms with Gasteiger partial charge in [-0.1, -0.05) is 12.6 Å². The van der Waals surface area contributed by atoms with E-state index in [0.717, 1.165) is 0 Å². The van der Waals surface area contributed by atoms with Crippen LogP contribution < -0.4 is 9.47 Å². The average Bonchev–Trinajstić information content (AvgIpc) is 2.46. The van der Waals surface area contributed by atoms with Gasteiger partial charge in [0.15, 0.2) is 11.5 Å². The number of aliphatic carboxylic acids is 1. The van der Waals surface area contributed by atoms with Gasteiger partial charge in [-0.15, -0.1) is 0 Å². The maximum atomic E-state index is 11.6. The molecule has 0 bridgehead atoms. The molecule has 1 aromatic rings. The van der Waals surface area contributed by atoms with Gasteiger partial charge in [-0.25, -0.2) is 4.79 Å². The molecule has 0 spiro atoms. The van der Waals surface area contributed by atoms with E-state index in [2.05, 4.69) is 11.3 Å². The second-order valence-electron chi connectivity index (χ2n) is 4.30. The van der Waals surface area contributed by atoms with Crippen molar-refractivity contribution in [1.82, 2.24) is 0 Å². The van der Waals surface area contributed by atoms with Crippen molar-refractivity contribution >= 4 is 17.9 Å². The van der Waals surface area contributed by atoms with Crippen LogP contribution in [-0.4, -0.2) is 37.2 Å². The van der Waals surface area contributed by atoms with Gasteiger partial charge in [-0.3, -0.25) is 9.59 Å². The van der Waals surface area contributed by atoms with Crippen molar-refractivity contribution in [1.29, 1.82) is 0 Å². The lowest BCUT2D eigenvalue weighted by molar-refractivity contribution is -0.159. The molecule has 0 unspecified atom stereocenters. The highest BCUT2D eigenvalue weighted by Crippen LogP contribution is 2.27. The first-order valence-corrected chi connectivity index (χ1v) is 6.22. The molecule has 0 aliphatic rings. The van der Waals surface area contributed by atoms with Gasteiger partial charge in [0.05, 0.1) is 27.1 Å². The largest absolute Gasteiger partial charge is 0.493 e. The summed E-state index contributed by atoms with van der Waals surface area (Å²) >= 11 is 0. The zero-order chi connectivity index (χ0) is 16.7. The van der Waals surface area contributed by atoms with Crippen LogP contribution in [0.1, 0.15) is 12.0 Å². The summed E-state index contributed by atoms with van der Waals surface area (Å²) in [5.41, 5.74) is 0.219. The van der Waals surface area contributed by atoms with Crippen molar-refractivity contribution in [2.45, 2.75) is 12.8 Å². The Morgan fingerprint density at radius 3 is 2.27 bits per heavy atom. The molecule has 1 aromatic carbocycles. The summed E-state index contributed by atoms with van der Waals surface area (Å²) in [5, 5.41) is 8.59. The van der Waals surface area contributed by atoms with Gasteiger partial charge in [0.1, 0.15) is 0 Å². The first-order valence-electron chi connectivity index (χ1n) is 6.22. The SMILES string of the molecule is C=C(CC(=O)OC(=O)Cc1ccc(OC)c(OC)c1)C(=O)O. The van der Waals surface area contributed by atoms with E-state index in [-0.39, 0.29) is 12.0 Å². The van der Waals surface area contributed by atoms with E-state index < -0.39 is 24.3 Å². The normalized spacial score (nSPS) is 9.73. The van der Waals surface area contributed by atoms with E-state index in [4.69, 9.17) is 14.6 Å². The number of methoxy groups -OCH3 is 2. The second-order valence-corrected chi connectivity index (χ2v) is 4.30. The maximum absolute atomic E-state index is 11.6. The van der Waals surface area contributed by atoms with Gasteiger partial charge in [0.25, 0.3) is 0 Å². The molecule has 0 aliphatic heterocycles. The van der Waals surface area contributed by atoms with Gasteiger partial charge in [-0.05, 0) is 17.7 Å². The standard InChI is InChI=1S/C15H16O7/c1-9(15(18)19)6-13(16)22-14(17)8-10-4-5-11(20-2)12(7-10)21-3/h4-5,7H,1,6,8H2,2-3H3,(H,18,19). The van der Waals surface area contributed by atoms with Crippen LogP contribution in [0, 0.1) is 0 Å². The van der Waals surface area contributed by atoms with Crippen molar-refractivity contribution in [3.8, 4) is 11.5 Å². The van der Waals surface area contributed by atoms with Crippen LogP contribution in [0.2, 0.25) is 0 Å². The summed E-state index contributed by atoms with van der Waals surface area (Å²) in [6.07, 6.45) is -0.710. The summed E-state index contributed by atoms with van der Waals surface area (Å²) < 4.78 is 14.7. The van der Waals surface area contributed by atoms with Crippen LogP contribution in [0.4, 0.5) is 0 Å². The average molecular weight is 308 g/mol. The number of benzene rings is 1. The topological polar surface area (TPSA) is 99.1 Å². The van der Waals surface area contributed by atoms with E-state index in [1.807, 2.05) is 0 Å². The van der Waals surface area contributed by atoms with Crippen molar-refractivity contribution in [2.24, 2.45) is 0 Å². The number of hydrogen-bond acceptors (Lipinski definition) is 6. The number of hydrogen-bond donors (Lipinski definition) is 1. The molecule has 1 rings (SSSR count). The predicted octanol–water partition coefficient (Wildman–Crippen LogP) is 1.35. The summed E-state index contributed by atoms with van der Waals surface area (Å²) in [6.45, 7) is 3.19. The smallest absolute Gasteiger partial charge is 0.331 e. The van der Waals surface area contributed by atoms with Crippen molar-refractivity contribution in [2.75, 3.05) is 14.2 Å². The molecule has 1 N–H and O–H groups in total. The molecule has 0 aliphatic carbocycles. The number of ether oxygens (including phenoxy) is 3. The molecule has 0 saturated heterocycles. The fourth-order valence-corrected chi connectivity index (χ4v) is 1.61. The molecule has 0 saturated carbocycles. The molecule has 0 radical (unpaired) electrons. The number of carbonyl (C=O) groups excluding carboxylic acids is 2. The Labute approximate surface area is 127 Å². The second kappa shape index (κ2) is 7.82. The molecule has 0 aromatic heterocycles. The molecule has 0 heterocycles. The minimum absolute atomic E-state index is 0.161. The lowest BCUT2D eigenvalue weighted by Crippen LogP contribution is -2.16. The third-order valence-electron chi connectivity index (χ3n) is 2.68. The Hall–Kier alpha value is -2.83. The fourth-order valence-electron chi connectivity index (χ4n) is 1.61. The Morgan fingerprint density at radius 2 is 1.73 bits per heavy atom. The lowest BCUT2D eigenvalue weighted by atomic mass is 10.1. The molecule has 0 atom stereocenters. The summed E-state index contributed by atoms with van der Waals surface area (Å²) in [7, 11) is 2.95. The summed E-state index contributed by atoms with van der Waals surface area (Å²) in [4.78, 5) is 33.5. The molecule has 22 heavy (non-hydrogen) atoms. The molecule has 118 valence electrons. The van der Waals surface area contributed by atoms with Crippen molar-refractivity contribution in [3.63, 3.8) is 0 Å². The van der Waals surface area contributed by atoms with Gasteiger partial charge >= 0.3 is 17.9 Å². The number of esters is 2. The van der Waals surface area contributed by atoms with Gasteiger partial charge in [0, 0.05) is 5.57 Å². The molecule has 7 heteroatoms. The van der Waals surface area contributed by atoms with E-state index in [1.54, 1.807) is 18.2 Å². The third-order valence-corrected chi connectivity index (χ3v) is 2.68. The van der Waals surface area contributed by atoms with Gasteiger partial charge in [-0.2, -0.15) is 0 Å². The van der Waals surface area contributed by atoms with E-state index >= 15 is 0 Å². The quantitative estimate of drug-likeness (QED) is 0.461. The van der Waals surface area contributed by atoms with E-state index in [9.17, 15) is 14.4 Å². The Kier molecular flexibility index (Phi) is 6.12. The zero-order valence-electron chi connectivity index (χ0n) is 12.3. The highest BCUT2D eigenvalue weighted by molar-refractivity contribution is 5.95. The maximum Gasteiger partial charge on any atom is 0.331 e. The van der Waals surface area contributed by atoms with Crippen LogP contribution in [0.5, 0.6) is 11.5 Å². The molecular formula is C15H16O7. The first kappa shape index (κ1) is 17.2. The third kappa shape index (κ3) is 4.93. The van der Waals surface area contributed by atoms with Crippen molar-refractivity contribution in [3.05, 3.63) is 35.9 Å². The van der Waals surface area contributed by atoms with Crippen LogP contribution >= 0.6 is 0 Å². The Morgan fingerprint density at radius 1 is 1.09 bits per heavy atom. The molecule has 7 nitrogen and oxygen atoms in total. The van der Waals surface area contributed by atoms with Gasteiger partial charge < -0.3 is 19.3 Å². The minimum atomic E-state index is -1.32. The van der Waals surface area contributed by atoms with E-state index in [1.165, 1.54) is 14.2 Å². The van der Waals surface area contributed by atoms with Crippen LogP contribution in [0.3, 0.4) is 0 Å². The predicted molar refractivity (Wildman–Crippen MR) is 75.7 cm³/mol. The van der Waals surface area contributed by atoms with Crippen LogP contribution in [0.25, 0.3) is 0 Å². The van der Waals surface area contributed by atoms with Crippen LogP contribution in [0.15, 0.2) is 30.4 Å². The van der Waals surface area contributed by atoms with Crippen LogP contribution in [-0.2, 0) is 25.5 Å². The molecule has 0 fully saturated rings. The number of rotatable bonds is 7. The fraction of sp³-hybridized carbons (Fsp3) is 0.267. The van der Waals surface area contributed by atoms with Gasteiger partial charge in [0.2, 0.25) is 0 Å². The lowest BCUT2D eigenvalue weighted by Gasteiger charge is -2.09. The highest BCUT2D eigenvalue weighted by atomic mass is 16.6. The molecular weight excluding hydrogens is 292 g/mol. The summed E-state index contributed by atoms with van der Waals surface area (Å²) in [5.74, 6) is -2.12. The minimum Gasteiger partial charge on any atom is -0.493 e. The number of carboxylic acids is 1. The number of carboxylic acid groups (broad SMARTS) is 1.